The molecule has 8 heteroatoms. The van der Waals surface area contributed by atoms with E-state index in [1.165, 1.54) is 0 Å². The quantitative estimate of drug-likeness (QED) is 0.540. The number of hydrogen-bond acceptors (Lipinski definition) is 6. The van der Waals surface area contributed by atoms with Crippen molar-refractivity contribution < 1.29 is 23.5 Å². The van der Waals surface area contributed by atoms with E-state index in [0.717, 1.165) is 16.9 Å². The number of benzene rings is 1. The predicted molar refractivity (Wildman–Crippen MR) is 104 cm³/mol. The van der Waals surface area contributed by atoms with Gasteiger partial charge in [-0.3, -0.25) is 14.5 Å². The van der Waals surface area contributed by atoms with Crippen LogP contribution in [0.4, 0.5) is 4.79 Å². The third kappa shape index (κ3) is 4.82. The molecule has 1 aliphatic rings. The molecule has 8 nitrogen and oxygen atoms in total. The first-order valence-corrected chi connectivity index (χ1v) is 9.58. The van der Waals surface area contributed by atoms with Crippen molar-refractivity contribution >= 4 is 17.9 Å². The summed E-state index contributed by atoms with van der Waals surface area (Å²) in [4.78, 5) is 41.9. The zero-order chi connectivity index (χ0) is 21.0. The van der Waals surface area contributed by atoms with Gasteiger partial charge in [0.15, 0.2) is 12.4 Å². The molecule has 1 atom stereocenters. The fraction of sp³-hybridized carbons (Fsp3) is 0.429. The lowest BCUT2D eigenvalue weighted by molar-refractivity contribution is -0.149. The summed E-state index contributed by atoms with van der Waals surface area (Å²) in [6.45, 7) is 5.14. The number of esters is 1. The van der Waals surface area contributed by atoms with Crippen LogP contribution in [0.3, 0.4) is 0 Å². The lowest BCUT2D eigenvalue weighted by Gasteiger charge is -2.22. The number of aromatic nitrogens is 1. The number of hydrogen-bond donors (Lipinski definition) is 1. The van der Waals surface area contributed by atoms with Crippen molar-refractivity contribution in [2.45, 2.75) is 45.8 Å². The molecule has 1 aliphatic heterocycles. The Labute approximate surface area is 169 Å². The summed E-state index contributed by atoms with van der Waals surface area (Å²) in [5.41, 5.74) is -0.132. The van der Waals surface area contributed by atoms with Crippen LogP contribution in [-0.4, -0.2) is 39.9 Å². The van der Waals surface area contributed by atoms with Crippen LogP contribution in [-0.2, 0) is 20.9 Å². The minimum Gasteiger partial charge on any atom is -0.454 e. The first kappa shape index (κ1) is 20.6. The zero-order valence-corrected chi connectivity index (χ0v) is 16.8. The van der Waals surface area contributed by atoms with Crippen LogP contribution in [0.1, 0.15) is 39.5 Å². The van der Waals surface area contributed by atoms with Crippen LogP contribution >= 0.6 is 0 Å². The van der Waals surface area contributed by atoms with E-state index in [-0.39, 0.29) is 12.5 Å². The molecule has 1 aromatic carbocycles. The van der Waals surface area contributed by atoms with Crippen molar-refractivity contribution in [2.24, 2.45) is 5.92 Å². The van der Waals surface area contributed by atoms with Gasteiger partial charge >= 0.3 is 12.0 Å². The van der Waals surface area contributed by atoms with Crippen LogP contribution in [0.5, 0.6) is 0 Å². The second-order valence-corrected chi connectivity index (χ2v) is 7.73. The van der Waals surface area contributed by atoms with Crippen LogP contribution in [0.15, 0.2) is 40.9 Å². The molecule has 0 radical (unpaired) electrons. The Morgan fingerprint density at radius 1 is 1.28 bits per heavy atom. The van der Waals surface area contributed by atoms with Crippen LogP contribution in [0.2, 0.25) is 0 Å². The Morgan fingerprint density at radius 2 is 2.00 bits per heavy atom. The van der Waals surface area contributed by atoms with E-state index in [1.807, 2.05) is 44.2 Å². The largest absolute Gasteiger partial charge is 0.454 e. The van der Waals surface area contributed by atoms with E-state index in [1.54, 1.807) is 13.1 Å². The molecule has 1 fully saturated rings. The van der Waals surface area contributed by atoms with E-state index in [9.17, 15) is 14.4 Å². The molecule has 2 heterocycles. The van der Waals surface area contributed by atoms with Crippen molar-refractivity contribution in [3.63, 3.8) is 0 Å². The maximum atomic E-state index is 12.6. The lowest BCUT2D eigenvalue weighted by atomic mass is 9.92. The molecule has 1 aromatic heterocycles. The fourth-order valence-corrected chi connectivity index (χ4v) is 3.07. The van der Waals surface area contributed by atoms with Crippen molar-refractivity contribution in [1.29, 1.82) is 0 Å². The number of ether oxygens (including phenoxy) is 1. The number of carbonyl (C=O) groups is 3. The first-order chi connectivity index (χ1) is 13.8. The number of nitrogens with one attached hydrogen (secondary N) is 1. The Morgan fingerprint density at radius 3 is 2.69 bits per heavy atom. The molecule has 0 aliphatic carbocycles. The SMILES string of the molecule is CC(C)CC[C@]1(C)NC(=O)N(CC(=O)OCc2ncc(-c3ccccc3)o2)C1=O. The monoisotopic (exact) mass is 399 g/mol. The molecule has 2 aromatic rings. The summed E-state index contributed by atoms with van der Waals surface area (Å²) in [5.74, 6) is 0.0728. The van der Waals surface area contributed by atoms with Crippen molar-refractivity contribution in [1.82, 2.24) is 15.2 Å². The highest BCUT2D eigenvalue weighted by atomic mass is 16.5. The van der Waals surface area contributed by atoms with E-state index in [4.69, 9.17) is 9.15 Å². The molecular formula is C21H25N3O5. The molecule has 3 amide bonds. The summed E-state index contributed by atoms with van der Waals surface area (Å²) in [7, 11) is 0. The minimum atomic E-state index is -0.991. The second kappa shape index (κ2) is 8.46. The maximum absolute atomic E-state index is 12.6. The predicted octanol–water partition coefficient (Wildman–Crippen LogP) is 3.13. The van der Waals surface area contributed by atoms with E-state index in [0.29, 0.717) is 18.1 Å². The van der Waals surface area contributed by atoms with E-state index in [2.05, 4.69) is 10.3 Å². The van der Waals surface area contributed by atoms with Crippen LogP contribution in [0.25, 0.3) is 11.3 Å². The highest BCUT2D eigenvalue weighted by Crippen LogP contribution is 2.25. The summed E-state index contributed by atoms with van der Waals surface area (Å²) >= 11 is 0. The number of carbonyl (C=O) groups excluding carboxylic acids is 3. The molecule has 1 saturated heterocycles. The number of oxazole rings is 1. The van der Waals surface area contributed by atoms with Crippen LogP contribution < -0.4 is 5.32 Å². The molecule has 1 N–H and O–H groups in total. The normalized spacial score (nSPS) is 19.0. The molecule has 29 heavy (non-hydrogen) atoms. The average molecular weight is 399 g/mol. The summed E-state index contributed by atoms with van der Waals surface area (Å²) in [6.07, 6.45) is 2.85. The summed E-state index contributed by atoms with van der Waals surface area (Å²) in [6, 6.07) is 8.83. The van der Waals surface area contributed by atoms with Crippen molar-refractivity contribution in [3.8, 4) is 11.3 Å². The molecule has 154 valence electrons. The van der Waals surface area contributed by atoms with Gasteiger partial charge in [-0.1, -0.05) is 44.2 Å². The Hall–Kier alpha value is -3.16. The average Bonchev–Trinajstić information content (AvgIpc) is 3.25. The number of urea groups is 1. The molecule has 3 rings (SSSR count). The highest BCUT2D eigenvalue weighted by Gasteiger charge is 2.48. The minimum absolute atomic E-state index is 0.181. The Bertz CT molecular complexity index is 893. The smallest absolute Gasteiger partial charge is 0.326 e. The summed E-state index contributed by atoms with van der Waals surface area (Å²) in [5, 5.41) is 2.68. The van der Waals surface area contributed by atoms with Gasteiger partial charge in [0.25, 0.3) is 5.91 Å². The first-order valence-electron chi connectivity index (χ1n) is 9.58. The van der Waals surface area contributed by atoms with Gasteiger partial charge < -0.3 is 14.5 Å². The highest BCUT2D eigenvalue weighted by molar-refractivity contribution is 6.08. The lowest BCUT2D eigenvalue weighted by Crippen LogP contribution is -2.44. The number of amides is 3. The molecular weight excluding hydrogens is 374 g/mol. The Balaban J connectivity index is 1.54. The molecule has 0 spiro atoms. The van der Waals surface area contributed by atoms with Crippen molar-refractivity contribution in [2.75, 3.05) is 6.54 Å². The third-order valence-electron chi connectivity index (χ3n) is 4.82. The standard InChI is InChI=1S/C21H25N3O5/c1-14(2)9-10-21(3)19(26)24(20(27)23-21)12-18(25)28-13-17-22-11-16(29-17)15-7-5-4-6-8-15/h4-8,11,14H,9-10,12-13H2,1-3H3,(H,23,27)/t21-/m0/s1. The zero-order valence-electron chi connectivity index (χ0n) is 16.8. The fourth-order valence-electron chi connectivity index (χ4n) is 3.07. The van der Waals surface area contributed by atoms with E-state index < -0.39 is 30.0 Å². The molecule has 0 saturated carbocycles. The number of imide groups is 1. The molecule has 0 unspecified atom stereocenters. The van der Waals surface area contributed by atoms with Gasteiger partial charge in [-0.2, -0.15) is 0 Å². The van der Waals surface area contributed by atoms with E-state index >= 15 is 0 Å². The molecule has 0 bridgehead atoms. The van der Waals surface area contributed by atoms with Gasteiger partial charge in [0.1, 0.15) is 12.1 Å². The van der Waals surface area contributed by atoms with Crippen molar-refractivity contribution in [3.05, 3.63) is 42.4 Å². The topological polar surface area (TPSA) is 102 Å². The van der Waals surface area contributed by atoms with Gasteiger partial charge in [-0.25, -0.2) is 9.78 Å². The third-order valence-corrected chi connectivity index (χ3v) is 4.82. The van der Waals surface area contributed by atoms with Gasteiger partial charge in [-0.05, 0) is 25.7 Å². The Kier molecular flexibility index (Phi) is 6.00. The van der Waals surface area contributed by atoms with Gasteiger partial charge in [0.2, 0.25) is 5.89 Å². The number of rotatable bonds is 8. The second-order valence-electron chi connectivity index (χ2n) is 7.73. The van der Waals surface area contributed by atoms with Crippen LogP contribution in [0, 0.1) is 5.92 Å². The van der Waals surface area contributed by atoms with Gasteiger partial charge in [-0.15, -0.1) is 0 Å². The number of nitrogens with zero attached hydrogens (tertiary/aromatic N) is 2. The summed E-state index contributed by atoms with van der Waals surface area (Å²) < 4.78 is 10.7. The van der Waals surface area contributed by atoms with Gasteiger partial charge in [0.05, 0.1) is 6.20 Å². The maximum Gasteiger partial charge on any atom is 0.326 e. The van der Waals surface area contributed by atoms with Gasteiger partial charge in [0, 0.05) is 5.56 Å².